The highest BCUT2D eigenvalue weighted by Gasteiger charge is 2.31. The van der Waals surface area contributed by atoms with Crippen molar-refractivity contribution in [3.8, 4) is 5.75 Å². The van der Waals surface area contributed by atoms with Crippen molar-refractivity contribution in [2.24, 2.45) is 0 Å². The number of sulfonamides is 2. The number of anilines is 2. The minimum absolute atomic E-state index is 0.000744. The first-order chi connectivity index (χ1) is 16.0. The lowest BCUT2D eigenvalue weighted by atomic mass is 10.0. The van der Waals surface area contributed by atoms with Gasteiger partial charge in [-0.3, -0.25) is 9.03 Å². The van der Waals surface area contributed by atoms with Crippen molar-refractivity contribution in [3.63, 3.8) is 0 Å². The molecule has 3 aromatic rings. The van der Waals surface area contributed by atoms with Gasteiger partial charge >= 0.3 is 6.36 Å². The fourth-order valence-electron chi connectivity index (χ4n) is 3.61. The Labute approximate surface area is 194 Å². The fraction of sp³-hybridized carbons (Fsp3) is 0.182. The molecular formula is C22H19F3N2O5S2. The Balaban J connectivity index is 1.52. The van der Waals surface area contributed by atoms with Gasteiger partial charge in [-0.1, -0.05) is 18.2 Å². The van der Waals surface area contributed by atoms with E-state index < -0.39 is 32.2 Å². The summed E-state index contributed by atoms with van der Waals surface area (Å²) >= 11 is 0. The summed E-state index contributed by atoms with van der Waals surface area (Å²) in [6, 6.07) is 16.2. The number of fused-ring (bicyclic) bond motifs is 1. The van der Waals surface area contributed by atoms with Gasteiger partial charge in [0.2, 0.25) is 0 Å². The van der Waals surface area contributed by atoms with E-state index in [2.05, 4.69) is 9.46 Å². The second-order valence-electron chi connectivity index (χ2n) is 7.46. The molecule has 1 heterocycles. The monoisotopic (exact) mass is 512 g/mol. The summed E-state index contributed by atoms with van der Waals surface area (Å²) < 4.78 is 95.7. The number of hydrogen-bond donors (Lipinski definition) is 1. The summed E-state index contributed by atoms with van der Waals surface area (Å²) in [5.74, 6) is -0.555. The van der Waals surface area contributed by atoms with Crippen molar-refractivity contribution in [2.45, 2.75) is 29.0 Å². The molecule has 0 aromatic heterocycles. The van der Waals surface area contributed by atoms with Crippen LogP contribution in [0.1, 0.15) is 12.0 Å². The molecule has 0 amide bonds. The predicted molar refractivity (Wildman–Crippen MR) is 120 cm³/mol. The zero-order chi connectivity index (χ0) is 24.6. The number of hydrogen-bond acceptors (Lipinski definition) is 5. The standard InChI is InChI=1S/C22H19F3N2O5S2/c23-22(24,25)32-18-9-13-19(14-10-18)33(28,29)26-17-7-11-20(12-8-17)34(30,31)27-15-3-5-16-4-1-2-6-21(16)27/h1-2,4,6-14,26H,3,5,15H2. The average Bonchev–Trinajstić information content (AvgIpc) is 2.78. The van der Waals surface area contributed by atoms with E-state index >= 15 is 0 Å². The van der Waals surface area contributed by atoms with Gasteiger partial charge in [0, 0.05) is 12.2 Å². The van der Waals surface area contributed by atoms with Gasteiger partial charge in [-0.15, -0.1) is 13.2 Å². The maximum absolute atomic E-state index is 13.2. The van der Waals surface area contributed by atoms with E-state index in [0.717, 1.165) is 36.2 Å². The first-order valence-corrected chi connectivity index (χ1v) is 13.0. The quantitative estimate of drug-likeness (QED) is 0.524. The second kappa shape index (κ2) is 8.84. The average molecular weight is 513 g/mol. The highest BCUT2D eigenvalue weighted by atomic mass is 32.2. The SMILES string of the molecule is O=S(=O)(Nc1ccc(S(=O)(=O)N2CCCc3ccccc32)cc1)c1ccc(OC(F)(F)F)cc1. The molecule has 0 fully saturated rings. The molecule has 0 saturated carbocycles. The fourth-order valence-corrected chi connectivity index (χ4v) is 6.21. The Bertz CT molecular complexity index is 1390. The number of para-hydroxylation sites is 1. The molecule has 3 aromatic carbocycles. The smallest absolute Gasteiger partial charge is 0.406 e. The molecule has 0 aliphatic carbocycles. The molecule has 180 valence electrons. The zero-order valence-electron chi connectivity index (χ0n) is 17.5. The predicted octanol–water partition coefficient (Wildman–Crippen LogP) is 4.53. The molecule has 1 N–H and O–H groups in total. The van der Waals surface area contributed by atoms with Gasteiger partial charge in [0.15, 0.2) is 0 Å². The Hall–Kier alpha value is -3.25. The van der Waals surface area contributed by atoms with Crippen molar-refractivity contribution in [3.05, 3.63) is 78.4 Å². The first-order valence-electron chi connectivity index (χ1n) is 10.1. The maximum Gasteiger partial charge on any atom is 0.573 e. The Morgan fingerprint density at radius 3 is 2.09 bits per heavy atom. The Kier molecular flexibility index (Phi) is 6.21. The molecule has 0 unspecified atom stereocenters. The van der Waals surface area contributed by atoms with Gasteiger partial charge in [0.1, 0.15) is 5.75 Å². The van der Waals surface area contributed by atoms with E-state index in [4.69, 9.17) is 0 Å². The third-order valence-corrected chi connectivity index (χ3v) is 8.35. The number of aryl methyl sites for hydroxylation is 1. The minimum atomic E-state index is -4.89. The second-order valence-corrected chi connectivity index (χ2v) is 11.0. The van der Waals surface area contributed by atoms with Crippen LogP contribution in [0, 0.1) is 0 Å². The lowest BCUT2D eigenvalue weighted by Gasteiger charge is -2.30. The van der Waals surface area contributed by atoms with Crippen LogP contribution >= 0.6 is 0 Å². The van der Waals surface area contributed by atoms with Gasteiger partial charge < -0.3 is 4.74 Å². The van der Waals surface area contributed by atoms with Crippen molar-refractivity contribution < 1.29 is 34.7 Å². The van der Waals surface area contributed by atoms with Crippen molar-refractivity contribution in [1.29, 1.82) is 0 Å². The van der Waals surface area contributed by atoms with Crippen LogP contribution < -0.4 is 13.8 Å². The molecule has 12 heteroatoms. The molecule has 4 rings (SSSR count). The number of rotatable bonds is 6. The summed E-state index contributed by atoms with van der Waals surface area (Å²) in [6.07, 6.45) is -3.43. The molecule has 0 radical (unpaired) electrons. The van der Waals surface area contributed by atoms with E-state index in [1.54, 1.807) is 12.1 Å². The molecular weight excluding hydrogens is 493 g/mol. The number of ether oxygens (including phenoxy) is 1. The van der Waals surface area contributed by atoms with Gasteiger partial charge in [-0.2, -0.15) is 0 Å². The van der Waals surface area contributed by atoms with Crippen LogP contribution in [0.25, 0.3) is 0 Å². The summed E-state index contributed by atoms with van der Waals surface area (Å²) in [5, 5.41) is 0. The minimum Gasteiger partial charge on any atom is -0.406 e. The van der Waals surface area contributed by atoms with Crippen LogP contribution in [-0.2, 0) is 26.5 Å². The van der Waals surface area contributed by atoms with Crippen molar-refractivity contribution >= 4 is 31.4 Å². The largest absolute Gasteiger partial charge is 0.573 e. The zero-order valence-corrected chi connectivity index (χ0v) is 19.1. The topological polar surface area (TPSA) is 92.8 Å². The van der Waals surface area contributed by atoms with Gasteiger partial charge in [0.25, 0.3) is 20.0 Å². The third-order valence-electron chi connectivity index (χ3n) is 5.13. The van der Waals surface area contributed by atoms with Gasteiger partial charge in [-0.25, -0.2) is 16.8 Å². The van der Waals surface area contributed by atoms with Gasteiger partial charge in [0.05, 0.1) is 15.5 Å². The lowest BCUT2D eigenvalue weighted by molar-refractivity contribution is -0.274. The van der Waals surface area contributed by atoms with Crippen LogP contribution in [0.3, 0.4) is 0 Å². The van der Waals surface area contributed by atoms with Crippen LogP contribution in [0.2, 0.25) is 0 Å². The summed E-state index contributed by atoms with van der Waals surface area (Å²) in [4.78, 5) is -0.288. The van der Waals surface area contributed by atoms with Gasteiger partial charge in [-0.05, 0) is 73.0 Å². The van der Waals surface area contributed by atoms with E-state index in [0.29, 0.717) is 18.7 Å². The highest BCUT2D eigenvalue weighted by molar-refractivity contribution is 7.93. The van der Waals surface area contributed by atoms with Crippen molar-refractivity contribution in [1.82, 2.24) is 0 Å². The maximum atomic E-state index is 13.2. The highest BCUT2D eigenvalue weighted by Crippen LogP contribution is 2.32. The molecule has 0 bridgehead atoms. The molecule has 0 saturated heterocycles. The van der Waals surface area contributed by atoms with Crippen molar-refractivity contribution in [2.75, 3.05) is 15.6 Å². The van der Waals surface area contributed by atoms with E-state index in [-0.39, 0.29) is 15.5 Å². The van der Waals surface area contributed by atoms with Crippen LogP contribution in [0.5, 0.6) is 5.75 Å². The summed E-state index contributed by atoms with van der Waals surface area (Å²) in [5.41, 5.74) is 1.65. The van der Waals surface area contributed by atoms with Crippen LogP contribution in [0.4, 0.5) is 24.5 Å². The normalized spacial score (nSPS) is 14.4. The number of nitrogens with one attached hydrogen (secondary N) is 1. The third kappa shape index (κ3) is 5.12. The molecule has 1 aliphatic rings. The molecule has 0 spiro atoms. The number of alkyl halides is 3. The van der Waals surface area contributed by atoms with E-state index in [9.17, 15) is 30.0 Å². The lowest BCUT2D eigenvalue weighted by Crippen LogP contribution is -2.35. The van der Waals surface area contributed by atoms with E-state index in [1.807, 2.05) is 12.1 Å². The van der Waals surface area contributed by atoms with Crippen LogP contribution in [-0.4, -0.2) is 29.7 Å². The summed E-state index contributed by atoms with van der Waals surface area (Å²) in [6.45, 7) is 0.335. The van der Waals surface area contributed by atoms with E-state index in [1.165, 1.54) is 28.6 Å². The number of nitrogens with zero attached hydrogens (tertiary/aromatic N) is 1. The number of benzene rings is 3. The molecule has 7 nitrogen and oxygen atoms in total. The molecule has 1 aliphatic heterocycles. The molecule has 34 heavy (non-hydrogen) atoms. The Morgan fingerprint density at radius 1 is 0.824 bits per heavy atom. The Morgan fingerprint density at radius 2 is 1.44 bits per heavy atom. The molecule has 0 atom stereocenters. The van der Waals surface area contributed by atoms with Crippen LogP contribution in [0.15, 0.2) is 82.6 Å². The number of halogens is 3. The summed E-state index contributed by atoms with van der Waals surface area (Å²) in [7, 11) is -7.99. The first kappa shape index (κ1) is 23.9.